The molecule has 0 unspecified atom stereocenters. The van der Waals surface area contributed by atoms with Gasteiger partial charge in [-0.15, -0.1) is 0 Å². The maximum Gasteiger partial charge on any atom is 0.162 e. The number of aromatic nitrogens is 3. The van der Waals surface area contributed by atoms with Gasteiger partial charge in [0.1, 0.15) is 0 Å². The Morgan fingerprint density at radius 3 is 2.38 bits per heavy atom. The summed E-state index contributed by atoms with van der Waals surface area (Å²) in [5, 5.41) is 0. The summed E-state index contributed by atoms with van der Waals surface area (Å²) in [6.45, 7) is 9.83. The molecule has 0 spiro atoms. The van der Waals surface area contributed by atoms with Gasteiger partial charge in [0.2, 0.25) is 0 Å². The number of nitrogens with zero attached hydrogens (tertiary/aromatic N) is 3. The fraction of sp³-hybridized carbons (Fsp3) is 0.308. The second kappa shape index (κ2) is 7.95. The highest BCUT2D eigenvalue weighted by Crippen LogP contribution is 2.37. The molecule has 1 fully saturated rings. The third kappa shape index (κ3) is 3.60. The number of imidazole rings is 1. The minimum atomic E-state index is 0.0500. The zero-order valence-corrected chi connectivity index (χ0v) is 19.1. The zero-order valence-electron chi connectivity index (χ0n) is 19.1. The number of ketones is 1. The van der Waals surface area contributed by atoms with E-state index in [2.05, 4.69) is 76.2 Å². The van der Waals surface area contributed by atoms with Crippen molar-refractivity contribution in [1.29, 1.82) is 0 Å². The maximum absolute atomic E-state index is 12.5. The summed E-state index contributed by atoms with van der Waals surface area (Å²) in [4.78, 5) is 29.1. The first-order chi connectivity index (χ1) is 15.4. The summed E-state index contributed by atoms with van der Waals surface area (Å²) in [5.74, 6) is 0.802. The number of nitrogens with one attached hydrogen (secondary N) is 2. The van der Waals surface area contributed by atoms with E-state index in [1.54, 1.807) is 6.92 Å². The summed E-state index contributed by atoms with van der Waals surface area (Å²) in [6.07, 6.45) is 0. The molecule has 2 N–H and O–H groups in total. The van der Waals surface area contributed by atoms with Crippen molar-refractivity contribution < 1.29 is 4.79 Å². The molecule has 4 aromatic rings. The highest BCUT2D eigenvalue weighted by Gasteiger charge is 2.23. The Hall–Kier alpha value is -3.38. The predicted octanol–water partition coefficient (Wildman–Crippen LogP) is 4.80. The van der Waals surface area contributed by atoms with Gasteiger partial charge in [0, 0.05) is 48.7 Å². The summed E-state index contributed by atoms with van der Waals surface area (Å²) >= 11 is 0. The molecule has 32 heavy (non-hydrogen) atoms. The number of hydrogen-bond donors (Lipinski definition) is 2. The minimum absolute atomic E-state index is 0.0500. The molecule has 0 saturated carbocycles. The number of piperazine rings is 1. The first-order valence-electron chi connectivity index (χ1n) is 11.1. The number of likely N-dealkylation sites (N-methyl/N-ethyl adjacent to an activating group) is 1. The van der Waals surface area contributed by atoms with E-state index in [0.29, 0.717) is 0 Å². The van der Waals surface area contributed by atoms with Crippen LogP contribution in [0.4, 0.5) is 5.69 Å². The van der Waals surface area contributed by atoms with Crippen molar-refractivity contribution in [3.05, 3.63) is 59.3 Å². The summed E-state index contributed by atoms with van der Waals surface area (Å²) in [6, 6.07) is 14.7. The fourth-order valence-electron chi connectivity index (χ4n) is 4.63. The van der Waals surface area contributed by atoms with Crippen LogP contribution in [0.15, 0.2) is 42.5 Å². The van der Waals surface area contributed by atoms with Gasteiger partial charge >= 0.3 is 0 Å². The third-order valence-corrected chi connectivity index (χ3v) is 6.45. The van der Waals surface area contributed by atoms with Crippen LogP contribution in [0.5, 0.6) is 0 Å². The normalized spacial score (nSPS) is 14.9. The molecule has 0 atom stereocenters. The van der Waals surface area contributed by atoms with E-state index in [1.807, 2.05) is 6.92 Å². The minimum Gasteiger partial charge on any atom is -0.369 e. The molecule has 0 bridgehead atoms. The van der Waals surface area contributed by atoms with Crippen LogP contribution < -0.4 is 4.90 Å². The second-order valence-corrected chi connectivity index (χ2v) is 8.87. The Morgan fingerprint density at radius 1 is 0.969 bits per heavy atom. The number of rotatable bonds is 4. The molecule has 0 amide bonds. The number of hydrogen-bond acceptors (Lipinski definition) is 4. The molecule has 0 aliphatic carbocycles. The number of aromatic amines is 2. The van der Waals surface area contributed by atoms with Crippen LogP contribution in [0.3, 0.4) is 0 Å². The molecule has 2 aromatic heterocycles. The number of H-pyrrole nitrogens is 2. The highest BCUT2D eigenvalue weighted by atomic mass is 16.1. The highest BCUT2D eigenvalue weighted by molar-refractivity contribution is 6.05. The average molecular weight is 428 g/mol. The van der Waals surface area contributed by atoms with Gasteiger partial charge in [-0.05, 0) is 51.6 Å². The van der Waals surface area contributed by atoms with E-state index >= 15 is 0 Å². The molecule has 1 aliphatic rings. The first-order valence-corrected chi connectivity index (χ1v) is 11.1. The summed E-state index contributed by atoms with van der Waals surface area (Å²) in [7, 11) is 2.17. The molecule has 164 valence electrons. The molecule has 6 nitrogen and oxygen atoms in total. The Kier molecular flexibility index (Phi) is 5.10. The number of anilines is 1. The Labute approximate surface area is 188 Å². The van der Waals surface area contributed by atoms with Crippen molar-refractivity contribution in [3.8, 4) is 22.6 Å². The molecule has 0 radical (unpaired) electrons. The molecule has 3 heterocycles. The fourth-order valence-corrected chi connectivity index (χ4v) is 4.63. The van der Waals surface area contributed by atoms with Gasteiger partial charge in [0.25, 0.3) is 0 Å². The van der Waals surface area contributed by atoms with E-state index in [0.717, 1.165) is 71.1 Å². The Morgan fingerprint density at radius 2 is 1.69 bits per heavy atom. The number of fused-ring (bicyclic) bond motifs is 1. The van der Waals surface area contributed by atoms with Gasteiger partial charge in [-0.1, -0.05) is 29.8 Å². The molecular formula is C26H29N5O. The lowest BCUT2D eigenvalue weighted by molar-refractivity contribution is 0.101. The van der Waals surface area contributed by atoms with Gasteiger partial charge in [-0.2, -0.15) is 0 Å². The van der Waals surface area contributed by atoms with Crippen LogP contribution in [0.1, 0.15) is 28.5 Å². The molecule has 5 rings (SSSR count). The lowest BCUT2D eigenvalue weighted by Gasteiger charge is -2.34. The maximum atomic E-state index is 12.5. The van der Waals surface area contributed by atoms with Crippen LogP contribution in [-0.2, 0) is 0 Å². The van der Waals surface area contributed by atoms with Crippen molar-refractivity contribution in [3.63, 3.8) is 0 Å². The van der Waals surface area contributed by atoms with Crippen molar-refractivity contribution >= 4 is 22.5 Å². The van der Waals surface area contributed by atoms with E-state index in [4.69, 9.17) is 4.98 Å². The topological polar surface area (TPSA) is 68.0 Å². The van der Waals surface area contributed by atoms with Crippen LogP contribution in [-0.4, -0.2) is 58.9 Å². The van der Waals surface area contributed by atoms with Crippen LogP contribution in [0, 0.1) is 13.8 Å². The quantitative estimate of drug-likeness (QED) is 0.459. The molecule has 1 aliphatic heterocycles. The summed E-state index contributed by atoms with van der Waals surface area (Å²) in [5.41, 5.74) is 8.69. The van der Waals surface area contributed by atoms with Crippen molar-refractivity contribution in [1.82, 2.24) is 19.9 Å². The summed E-state index contributed by atoms with van der Waals surface area (Å²) < 4.78 is 0. The lowest BCUT2D eigenvalue weighted by atomic mass is 9.97. The molecular weight excluding hydrogens is 398 g/mol. The largest absolute Gasteiger partial charge is 0.369 e. The smallest absolute Gasteiger partial charge is 0.162 e. The first kappa shape index (κ1) is 20.5. The van der Waals surface area contributed by atoms with Crippen LogP contribution in [0.2, 0.25) is 0 Å². The molecule has 1 saturated heterocycles. The average Bonchev–Trinajstić information content (AvgIpc) is 3.35. The van der Waals surface area contributed by atoms with Gasteiger partial charge in [0.05, 0.1) is 16.7 Å². The second-order valence-electron chi connectivity index (χ2n) is 8.87. The van der Waals surface area contributed by atoms with E-state index in [1.165, 1.54) is 11.3 Å². The zero-order chi connectivity index (χ0) is 22.4. The molecule has 6 heteroatoms. The Bertz CT molecular complexity index is 1290. The lowest BCUT2D eigenvalue weighted by Crippen LogP contribution is -2.44. The van der Waals surface area contributed by atoms with E-state index < -0.39 is 0 Å². The van der Waals surface area contributed by atoms with Gasteiger partial charge < -0.3 is 19.8 Å². The van der Waals surface area contributed by atoms with Crippen LogP contribution in [0.25, 0.3) is 33.7 Å². The van der Waals surface area contributed by atoms with Crippen molar-refractivity contribution in [2.75, 3.05) is 38.1 Å². The van der Waals surface area contributed by atoms with Gasteiger partial charge in [0.15, 0.2) is 11.6 Å². The molecule has 2 aromatic carbocycles. The number of carbonyl (C=O) groups is 1. The van der Waals surface area contributed by atoms with Crippen molar-refractivity contribution in [2.24, 2.45) is 0 Å². The van der Waals surface area contributed by atoms with Gasteiger partial charge in [-0.3, -0.25) is 4.79 Å². The van der Waals surface area contributed by atoms with Crippen molar-refractivity contribution in [2.45, 2.75) is 20.8 Å². The Balaban J connectivity index is 1.60. The number of aryl methyl sites for hydroxylation is 2. The monoisotopic (exact) mass is 427 g/mol. The van der Waals surface area contributed by atoms with E-state index in [-0.39, 0.29) is 5.78 Å². The number of benzene rings is 2. The number of Topliss-reactive ketones (excluding diaryl/α,β-unsaturated/α-hetero) is 1. The van der Waals surface area contributed by atoms with E-state index in [9.17, 15) is 4.79 Å². The SMILES string of the molecule is CC(=O)c1c(C)[nH]c(-c2nc3ccc(N4CCN(C)CC4)cc3[nH]2)c1-c1ccc(C)cc1. The standard InChI is InChI=1S/C26H29N5O/c1-16-5-7-19(8-6-16)24-23(18(3)32)17(2)27-25(24)26-28-21-10-9-20(15-22(21)29-26)31-13-11-30(4)12-14-31/h5-10,15,27H,11-14H2,1-4H3,(H,28,29). The number of carbonyl (C=O) groups excluding carboxylic acids is 1. The van der Waals surface area contributed by atoms with Gasteiger partial charge in [-0.25, -0.2) is 4.98 Å². The van der Waals surface area contributed by atoms with Crippen LogP contribution >= 0.6 is 0 Å². The third-order valence-electron chi connectivity index (χ3n) is 6.45. The predicted molar refractivity (Wildman–Crippen MR) is 131 cm³/mol.